The van der Waals surface area contributed by atoms with E-state index in [9.17, 15) is 13.2 Å². The van der Waals surface area contributed by atoms with Crippen molar-refractivity contribution in [2.45, 2.75) is 23.8 Å². The molecule has 0 unspecified atom stereocenters. The van der Waals surface area contributed by atoms with Gasteiger partial charge in [0.05, 0.1) is 4.90 Å². The lowest BCUT2D eigenvalue weighted by molar-refractivity contribution is 0.557. The molecule has 2 rings (SSSR count). The quantitative estimate of drug-likeness (QED) is 0.808. The molecular weight excluding hydrogens is 264 g/mol. The monoisotopic (exact) mass is 274 g/mol. The summed E-state index contributed by atoms with van der Waals surface area (Å²) in [7, 11) is -3.63. The van der Waals surface area contributed by atoms with Crippen molar-refractivity contribution < 1.29 is 8.42 Å². The first-order valence-corrected chi connectivity index (χ1v) is 6.91. The molecule has 0 amide bonds. The number of rotatable bonds is 3. The fourth-order valence-electron chi connectivity index (χ4n) is 1.59. The highest BCUT2D eigenvalue weighted by Crippen LogP contribution is 2.15. The smallest absolute Gasteiger partial charge is 0.266 e. The molecule has 1 aromatic heterocycles. The van der Waals surface area contributed by atoms with Gasteiger partial charge in [0.15, 0.2) is 0 Å². The highest BCUT2D eigenvalue weighted by Gasteiger charge is 2.21. The summed E-state index contributed by atoms with van der Waals surface area (Å²) in [5, 5.41) is -0.141. The molecule has 1 heterocycles. The lowest BCUT2D eigenvalue weighted by atomic mass is 10.3. The Kier molecular flexibility index (Phi) is 3.37. The molecule has 0 aromatic carbocycles. The number of hydrogen-bond donors (Lipinski definition) is 2. The Morgan fingerprint density at radius 2 is 2.00 bits per heavy atom. The zero-order valence-electron chi connectivity index (χ0n) is 8.81. The first-order chi connectivity index (χ1) is 7.99. The molecule has 0 saturated carbocycles. The summed E-state index contributed by atoms with van der Waals surface area (Å²) < 4.78 is 26.4. The average molecular weight is 275 g/mol. The van der Waals surface area contributed by atoms with E-state index in [0.717, 1.165) is 12.3 Å². The fraction of sp³-hybridized carbons (Fsp3) is 0.300. The molecule has 0 fully saturated rings. The van der Waals surface area contributed by atoms with E-state index in [1.54, 1.807) is 0 Å². The van der Waals surface area contributed by atoms with Crippen molar-refractivity contribution in [2.24, 2.45) is 0 Å². The van der Waals surface area contributed by atoms with Crippen LogP contribution >= 0.6 is 11.6 Å². The van der Waals surface area contributed by atoms with Gasteiger partial charge >= 0.3 is 0 Å². The summed E-state index contributed by atoms with van der Waals surface area (Å²) in [6, 6.07) is 1.02. The Morgan fingerprint density at radius 3 is 2.59 bits per heavy atom. The maximum atomic E-state index is 11.9. The van der Waals surface area contributed by atoms with Gasteiger partial charge in [-0.3, -0.25) is 4.79 Å². The number of hydrogen-bond acceptors (Lipinski definition) is 3. The summed E-state index contributed by atoms with van der Waals surface area (Å²) in [5.74, 6) is 0. The maximum absolute atomic E-state index is 11.9. The van der Waals surface area contributed by atoms with Crippen LogP contribution in [0.15, 0.2) is 34.1 Å². The summed E-state index contributed by atoms with van der Waals surface area (Å²) >= 11 is 5.59. The molecule has 1 aromatic rings. The molecule has 0 atom stereocenters. The van der Waals surface area contributed by atoms with Crippen LogP contribution in [0.25, 0.3) is 0 Å². The van der Waals surface area contributed by atoms with Crippen LogP contribution in [0.4, 0.5) is 0 Å². The first-order valence-electron chi connectivity index (χ1n) is 5.04. The molecule has 7 heteroatoms. The first kappa shape index (κ1) is 12.3. The third-order valence-corrected chi connectivity index (χ3v) is 4.25. The van der Waals surface area contributed by atoms with Crippen LogP contribution < -0.4 is 10.3 Å². The predicted octanol–water partition coefficient (Wildman–Crippen LogP) is 1.03. The Hall–Kier alpha value is -1.11. The third kappa shape index (κ3) is 2.77. The molecular formula is C10H11ClN2O3S. The normalized spacial score (nSPS) is 16.5. The number of H-pyrrole nitrogens is 1. The molecule has 0 spiro atoms. The maximum Gasteiger partial charge on any atom is 0.266 e. The van der Waals surface area contributed by atoms with E-state index in [4.69, 9.17) is 11.6 Å². The molecule has 17 heavy (non-hydrogen) atoms. The molecule has 2 N–H and O–H groups in total. The fourth-order valence-corrected chi connectivity index (χ4v) is 3.09. The van der Waals surface area contributed by atoms with Gasteiger partial charge in [0, 0.05) is 12.2 Å². The molecule has 0 aliphatic heterocycles. The number of aromatic amines is 1. The SMILES string of the molecule is O=c1[nH]cc(S(=O)(=O)NC2CC=CC2)cc1Cl. The third-order valence-electron chi connectivity index (χ3n) is 2.47. The topological polar surface area (TPSA) is 79.0 Å². The summed E-state index contributed by atoms with van der Waals surface area (Å²) in [6.07, 6.45) is 6.34. The number of halogens is 1. The van der Waals surface area contributed by atoms with E-state index < -0.39 is 15.6 Å². The molecule has 0 saturated heterocycles. The van der Waals surface area contributed by atoms with Gasteiger partial charge in [0.25, 0.3) is 5.56 Å². The highest BCUT2D eigenvalue weighted by atomic mass is 35.5. The molecule has 1 aliphatic rings. The van der Waals surface area contributed by atoms with Gasteiger partial charge < -0.3 is 4.98 Å². The van der Waals surface area contributed by atoms with Crippen molar-refractivity contribution in [3.8, 4) is 0 Å². The largest absolute Gasteiger partial charge is 0.326 e. The van der Waals surface area contributed by atoms with Gasteiger partial charge in [-0.1, -0.05) is 23.8 Å². The van der Waals surface area contributed by atoms with Crippen LogP contribution in [-0.2, 0) is 10.0 Å². The van der Waals surface area contributed by atoms with Crippen LogP contribution in [0.2, 0.25) is 5.02 Å². The standard InChI is InChI=1S/C10H11ClN2O3S/c11-9-5-8(6-12-10(9)14)17(15,16)13-7-3-1-2-4-7/h1-2,5-7,13H,3-4H2,(H,12,14). The Morgan fingerprint density at radius 1 is 1.35 bits per heavy atom. The van der Waals surface area contributed by atoms with E-state index in [2.05, 4.69) is 9.71 Å². The van der Waals surface area contributed by atoms with Crippen molar-refractivity contribution in [3.05, 3.63) is 39.8 Å². The van der Waals surface area contributed by atoms with E-state index in [1.807, 2.05) is 12.2 Å². The van der Waals surface area contributed by atoms with Gasteiger partial charge in [0.2, 0.25) is 10.0 Å². The van der Waals surface area contributed by atoms with Crippen LogP contribution in [0, 0.1) is 0 Å². The van der Waals surface area contributed by atoms with E-state index in [1.165, 1.54) is 0 Å². The van der Waals surface area contributed by atoms with Crippen LogP contribution in [-0.4, -0.2) is 19.4 Å². The van der Waals surface area contributed by atoms with Crippen LogP contribution in [0.1, 0.15) is 12.8 Å². The van der Waals surface area contributed by atoms with Crippen LogP contribution in [0.3, 0.4) is 0 Å². The number of aromatic nitrogens is 1. The summed E-state index contributed by atoms with van der Waals surface area (Å²) in [4.78, 5) is 13.3. The summed E-state index contributed by atoms with van der Waals surface area (Å²) in [6.45, 7) is 0. The number of sulfonamides is 1. The zero-order valence-corrected chi connectivity index (χ0v) is 10.4. The van der Waals surface area contributed by atoms with Crippen molar-refractivity contribution in [1.82, 2.24) is 9.71 Å². The number of nitrogens with one attached hydrogen (secondary N) is 2. The second kappa shape index (κ2) is 4.64. The Bertz CT molecular complexity index is 598. The molecule has 0 radical (unpaired) electrons. The van der Waals surface area contributed by atoms with Gasteiger partial charge in [-0.15, -0.1) is 0 Å². The van der Waals surface area contributed by atoms with Crippen molar-refractivity contribution in [3.63, 3.8) is 0 Å². The van der Waals surface area contributed by atoms with E-state index in [-0.39, 0.29) is 16.0 Å². The van der Waals surface area contributed by atoms with Gasteiger partial charge in [-0.05, 0) is 18.9 Å². The lowest BCUT2D eigenvalue weighted by Gasteiger charge is -2.12. The minimum Gasteiger partial charge on any atom is -0.326 e. The minimum absolute atomic E-state index is 0.0333. The number of pyridine rings is 1. The predicted molar refractivity (Wildman–Crippen MR) is 64.6 cm³/mol. The second-order valence-electron chi connectivity index (χ2n) is 3.77. The van der Waals surface area contributed by atoms with E-state index >= 15 is 0 Å². The zero-order chi connectivity index (χ0) is 12.5. The van der Waals surface area contributed by atoms with Gasteiger partial charge in [0.1, 0.15) is 5.02 Å². The van der Waals surface area contributed by atoms with Crippen molar-refractivity contribution >= 4 is 21.6 Å². The van der Waals surface area contributed by atoms with Gasteiger partial charge in [-0.2, -0.15) is 0 Å². The Labute approximate surface area is 104 Å². The van der Waals surface area contributed by atoms with Crippen LogP contribution in [0.5, 0.6) is 0 Å². The molecule has 92 valence electrons. The molecule has 1 aliphatic carbocycles. The minimum atomic E-state index is -3.63. The lowest BCUT2D eigenvalue weighted by Crippen LogP contribution is -2.33. The highest BCUT2D eigenvalue weighted by molar-refractivity contribution is 7.89. The molecule has 5 nitrogen and oxygen atoms in total. The van der Waals surface area contributed by atoms with Gasteiger partial charge in [-0.25, -0.2) is 13.1 Å². The summed E-state index contributed by atoms with van der Waals surface area (Å²) in [5.41, 5.74) is -0.506. The van der Waals surface area contributed by atoms with Crippen molar-refractivity contribution in [2.75, 3.05) is 0 Å². The second-order valence-corrected chi connectivity index (χ2v) is 5.89. The van der Waals surface area contributed by atoms with Crippen molar-refractivity contribution in [1.29, 1.82) is 0 Å². The molecule has 0 bridgehead atoms. The average Bonchev–Trinajstić information content (AvgIpc) is 2.73. The van der Waals surface area contributed by atoms with E-state index in [0.29, 0.717) is 12.8 Å². The Balaban J connectivity index is 2.25.